The van der Waals surface area contributed by atoms with Crippen molar-refractivity contribution in [3.63, 3.8) is 0 Å². The second-order valence-corrected chi connectivity index (χ2v) is 4.04. The van der Waals surface area contributed by atoms with E-state index in [4.69, 9.17) is 11.5 Å². The van der Waals surface area contributed by atoms with E-state index in [1.807, 2.05) is 0 Å². The maximum Gasteiger partial charge on any atom is 0.327 e. The number of carboxylic acid groups (broad SMARTS) is 1. The lowest BCUT2D eigenvalue weighted by Crippen LogP contribution is -2.46. The Bertz CT molecular complexity index is 525. The van der Waals surface area contributed by atoms with Gasteiger partial charge in [-0.1, -0.05) is 18.2 Å². The van der Waals surface area contributed by atoms with Gasteiger partial charge in [0.25, 0.3) is 0 Å². The fourth-order valence-corrected chi connectivity index (χ4v) is 1.54. The smallest absolute Gasteiger partial charge is 0.327 e. The van der Waals surface area contributed by atoms with E-state index in [9.17, 15) is 14.0 Å². The Kier molecular flexibility index (Phi) is 6.04. The third kappa shape index (κ3) is 4.98. The lowest BCUT2D eigenvalue weighted by molar-refractivity contribution is -0.139. The lowest BCUT2D eigenvalue weighted by Gasteiger charge is -2.12. The first-order valence-electron chi connectivity index (χ1n) is 5.98. The molecule has 0 bridgehead atoms. The van der Waals surface area contributed by atoms with E-state index in [1.54, 1.807) is 18.2 Å². The Morgan fingerprint density at radius 1 is 1.40 bits per heavy atom. The summed E-state index contributed by atoms with van der Waals surface area (Å²) in [6, 6.07) is 4.45. The minimum Gasteiger partial charge on any atom is -0.480 e. The predicted octanol–water partition coefficient (Wildman–Crippen LogP) is 1.14. The summed E-state index contributed by atoms with van der Waals surface area (Å²) in [5, 5.41) is 13.5. The van der Waals surface area contributed by atoms with Crippen molar-refractivity contribution in [2.24, 2.45) is 0 Å². The summed E-state index contributed by atoms with van der Waals surface area (Å²) in [5.74, 6) is 0.627. The summed E-state index contributed by atoms with van der Waals surface area (Å²) in [4.78, 5) is 22.2. The highest BCUT2D eigenvalue weighted by Crippen LogP contribution is 2.06. The molecule has 0 spiro atoms. The Morgan fingerprint density at radius 3 is 2.70 bits per heavy atom. The minimum absolute atomic E-state index is 0.101. The van der Waals surface area contributed by atoms with Crippen LogP contribution in [0.3, 0.4) is 0 Å². The van der Waals surface area contributed by atoms with Gasteiger partial charge in [0.15, 0.2) is 0 Å². The largest absolute Gasteiger partial charge is 0.480 e. The number of hydrogen-bond acceptors (Lipinski definition) is 2. The van der Waals surface area contributed by atoms with E-state index in [0.717, 1.165) is 0 Å². The van der Waals surface area contributed by atoms with Gasteiger partial charge in [0.2, 0.25) is 0 Å². The quantitative estimate of drug-likeness (QED) is 0.683. The van der Waals surface area contributed by atoms with Crippen molar-refractivity contribution < 1.29 is 19.1 Å². The molecule has 0 fully saturated rings. The Morgan fingerprint density at radius 2 is 2.10 bits per heavy atom. The van der Waals surface area contributed by atoms with Crippen LogP contribution in [0.25, 0.3) is 0 Å². The monoisotopic (exact) mass is 278 g/mol. The molecule has 0 aliphatic carbocycles. The van der Waals surface area contributed by atoms with E-state index in [-0.39, 0.29) is 18.8 Å². The van der Waals surface area contributed by atoms with E-state index in [0.29, 0.717) is 12.0 Å². The molecule has 3 N–H and O–H groups in total. The fourth-order valence-electron chi connectivity index (χ4n) is 1.54. The van der Waals surface area contributed by atoms with Gasteiger partial charge in [-0.25, -0.2) is 14.0 Å². The highest BCUT2D eigenvalue weighted by atomic mass is 19.1. The molecule has 0 heterocycles. The van der Waals surface area contributed by atoms with Crippen LogP contribution in [0.15, 0.2) is 24.3 Å². The topological polar surface area (TPSA) is 78.4 Å². The molecule has 0 aliphatic heterocycles. The molecule has 0 saturated carbocycles. The summed E-state index contributed by atoms with van der Waals surface area (Å²) >= 11 is 0. The van der Waals surface area contributed by atoms with Crippen LogP contribution < -0.4 is 10.6 Å². The number of rotatable bonds is 6. The number of halogens is 1. The molecule has 1 aromatic carbocycles. The standard InChI is InChI=1S/C14H15FN2O3/c1-2-5-12(13(18)19)17-14(20)16-9-8-10-6-3-4-7-11(10)15/h1,3-4,6-7,12H,5,8-9H2,(H,18,19)(H2,16,17,20). The maximum absolute atomic E-state index is 13.3. The zero-order chi connectivity index (χ0) is 15.0. The van der Waals surface area contributed by atoms with Gasteiger partial charge in [-0.05, 0) is 18.1 Å². The van der Waals surface area contributed by atoms with Crippen LogP contribution in [-0.4, -0.2) is 29.7 Å². The number of carbonyl (C=O) groups is 2. The maximum atomic E-state index is 13.3. The Hall–Kier alpha value is -2.55. The molecular formula is C14H15FN2O3. The van der Waals surface area contributed by atoms with Gasteiger partial charge in [0.05, 0.1) is 0 Å². The van der Waals surface area contributed by atoms with Crippen LogP contribution in [0.2, 0.25) is 0 Å². The van der Waals surface area contributed by atoms with Gasteiger partial charge >= 0.3 is 12.0 Å². The molecular weight excluding hydrogens is 263 g/mol. The van der Waals surface area contributed by atoms with Gasteiger partial charge in [0, 0.05) is 13.0 Å². The highest BCUT2D eigenvalue weighted by molar-refractivity contribution is 5.82. The van der Waals surface area contributed by atoms with Crippen molar-refractivity contribution in [1.29, 1.82) is 0 Å². The number of benzene rings is 1. The van der Waals surface area contributed by atoms with Crippen LogP contribution in [0.1, 0.15) is 12.0 Å². The van der Waals surface area contributed by atoms with Crippen LogP contribution in [0.5, 0.6) is 0 Å². The number of amides is 2. The van der Waals surface area contributed by atoms with Crippen molar-refractivity contribution in [1.82, 2.24) is 10.6 Å². The number of carboxylic acids is 1. The van der Waals surface area contributed by atoms with E-state index >= 15 is 0 Å². The van der Waals surface area contributed by atoms with Crippen LogP contribution in [0, 0.1) is 18.2 Å². The zero-order valence-electron chi connectivity index (χ0n) is 10.7. The molecule has 6 heteroatoms. The van der Waals surface area contributed by atoms with E-state index < -0.39 is 18.0 Å². The van der Waals surface area contributed by atoms with E-state index in [1.165, 1.54) is 6.07 Å². The molecule has 0 radical (unpaired) electrons. The number of carbonyl (C=O) groups excluding carboxylic acids is 1. The summed E-state index contributed by atoms with van der Waals surface area (Å²) in [7, 11) is 0. The van der Waals surface area contributed by atoms with Gasteiger partial charge in [0.1, 0.15) is 11.9 Å². The molecule has 1 rings (SSSR count). The fraction of sp³-hybridized carbons (Fsp3) is 0.286. The second-order valence-electron chi connectivity index (χ2n) is 4.04. The number of nitrogens with one attached hydrogen (secondary N) is 2. The van der Waals surface area contributed by atoms with Crippen molar-refractivity contribution in [3.8, 4) is 12.3 Å². The number of terminal acetylenes is 1. The molecule has 0 aliphatic rings. The first-order chi connectivity index (χ1) is 9.54. The summed E-state index contributed by atoms with van der Waals surface area (Å²) < 4.78 is 13.3. The average Bonchev–Trinajstić information content (AvgIpc) is 2.40. The lowest BCUT2D eigenvalue weighted by atomic mass is 10.1. The van der Waals surface area contributed by atoms with Crippen LogP contribution in [0.4, 0.5) is 9.18 Å². The molecule has 20 heavy (non-hydrogen) atoms. The molecule has 0 saturated heterocycles. The van der Waals surface area contributed by atoms with Crippen molar-refractivity contribution in [3.05, 3.63) is 35.6 Å². The van der Waals surface area contributed by atoms with Crippen molar-refractivity contribution in [2.75, 3.05) is 6.54 Å². The molecule has 5 nitrogen and oxygen atoms in total. The molecule has 0 aromatic heterocycles. The molecule has 1 unspecified atom stereocenters. The number of urea groups is 1. The number of aliphatic carboxylic acids is 1. The van der Waals surface area contributed by atoms with Crippen molar-refractivity contribution >= 4 is 12.0 Å². The summed E-state index contributed by atoms with van der Waals surface area (Å²) in [6.07, 6.45) is 5.22. The second kappa shape index (κ2) is 7.79. The summed E-state index contributed by atoms with van der Waals surface area (Å²) in [5.41, 5.74) is 0.478. The van der Waals surface area contributed by atoms with Crippen LogP contribution >= 0.6 is 0 Å². The van der Waals surface area contributed by atoms with Gasteiger partial charge in [-0.2, -0.15) is 0 Å². The molecule has 1 atom stereocenters. The molecule has 1 aromatic rings. The Labute approximate surface area is 116 Å². The molecule has 2 amide bonds. The third-order valence-electron chi connectivity index (χ3n) is 2.56. The zero-order valence-corrected chi connectivity index (χ0v) is 10.7. The highest BCUT2D eigenvalue weighted by Gasteiger charge is 2.18. The third-order valence-corrected chi connectivity index (χ3v) is 2.56. The molecule has 106 valence electrons. The first-order valence-corrected chi connectivity index (χ1v) is 5.98. The Balaban J connectivity index is 2.39. The van der Waals surface area contributed by atoms with Gasteiger partial charge < -0.3 is 15.7 Å². The van der Waals surface area contributed by atoms with Crippen molar-refractivity contribution in [2.45, 2.75) is 18.9 Å². The van der Waals surface area contributed by atoms with Gasteiger partial charge in [-0.15, -0.1) is 12.3 Å². The number of hydrogen-bond donors (Lipinski definition) is 3. The summed E-state index contributed by atoms with van der Waals surface area (Å²) in [6.45, 7) is 0.190. The minimum atomic E-state index is -1.20. The first kappa shape index (κ1) is 15.5. The SMILES string of the molecule is C#CCC(NC(=O)NCCc1ccccc1F)C(=O)O. The van der Waals surface area contributed by atoms with Gasteiger partial charge in [-0.3, -0.25) is 0 Å². The average molecular weight is 278 g/mol. The predicted molar refractivity (Wildman–Crippen MR) is 71.5 cm³/mol. The normalized spacial score (nSPS) is 11.2. The van der Waals surface area contributed by atoms with Crippen LogP contribution in [-0.2, 0) is 11.2 Å². The van der Waals surface area contributed by atoms with E-state index in [2.05, 4.69) is 16.6 Å².